The molecule has 160 valence electrons. The number of nitrogens with zero attached hydrogens (tertiary/aromatic N) is 2. The molecule has 0 aromatic carbocycles. The molecule has 10 heteroatoms. The van der Waals surface area contributed by atoms with Crippen LogP contribution in [0.1, 0.15) is 26.7 Å². The van der Waals surface area contributed by atoms with Gasteiger partial charge in [0.1, 0.15) is 9.84 Å². The van der Waals surface area contributed by atoms with E-state index in [-0.39, 0.29) is 41.3 Å². The number of ether oxygens (including phenoxy) is 1. The summed E-state index contributed by atoms with van der Waals surface area (Å²) in [5, 5.41) is 6.65. The van der Waals surface area contributed by atoms with E-state index >= 15 is 0 Å². The summed E-state index contributed by atoms with van der Waals surface area (Å²) < 4.78 is 28.3. The molecule has 2 fully saturated rings. The van der Waals surface area contributed by atoms with Crippen LogP contribution < -0.4 is 10.6 Å². The summed E-state index contributed by atoms with van der Waals surface area (Å²) in [6.07, 6.45) is 3.01. The van der Waals surface area contributed by atoms with Gasteiger partial charge >= 0.3 is 0 Å². The van der Waals surface area contributed by atoms with Crippen molar-refractivity contribution in [2.24, 2.45) is 4.99 Å². The summed E-state index contributed by atoms with van der Waals surface area (Å²) in [5.41, 5.74) is 0.118. The van der Waals surface area contributed by atoms with Crippen LogP contribution in [0.3, 0.4) is 0 Å². The Morgan fingerprint density at radius 2 is 2.07 bits per heavy atom. The summed E-state index contributed by atoms with van der Waals surface area (Å²) in [7, 11) is -2.94. The normalized spacial score (nSPS) is 25.7. The van der Waals surface area contributed by atoms with Crippen molar-refractivity contribution in [2.75, 3.05) is 62.9 Å². The van der Waals surface area contributed by atoms with Crippen LogP contribution in [-0.4, -0.2) is 93.8 Å². The molecule has 2 atom stereocenters. The topological polar surface area (TPSA) is 83.0 Å². The molecule has 0 amide bonds. The molecule has 2 aliphatic rings. The minimum atomic E-state index is -2.94. The SMILES string of the molecule is CCNC(=NCC1(N2CCOCC2)CCSC1)NC(C)CCS(C)(=O)=O.I. The van der Waals surface area contributed by atoms with Gasteiger partial charge in [-0.3, -0.25) is 9.89 Å². The quantitative estimate of drug-likeness (QED) is 0.275. The number of thioether (sulfide) groups is 1. The number of aliphatic imine (C=N–C) groups is 1. The minimum Gasteiger partial charge on any atom is -0.379 e. The Balaban J connectivity index is 0.00000364. The highest BCUT2D eigenvalue weighted by Gasteiger charge is 2.40. The van der Waals surface area contributed by atoms with E-state index in [1.54, 1.807) is 0 Å². The summed E-state index contributed by atoms with van der Waals surface area (Å²) >= 11 is 2.01. The highest BCUT2D eigenvalue weighted by atomic mass is 127. The van der Waals surface area contributed by atoms with E-state index in [0.717, 1.165) is 57.5 Å². The minimum absolute atomic E-state index is 0. The van der Waals surface area contributed by atoms with Crippen LogP contribution in [0.2, 0.25) is 0 Å². The molecule has 2 saturated heterocycles. The van der Waals surface area contributed by atoms with E-state index in [9.17, 15) is 8.42 Å². The zero-order valence-corrected chi connectivity index (χ0v) is 20.7. The lowest BCUT2D eigenvalue weighted by Crippen LogP contribution is -2.56. The largest absolute Gasteiger partial charge is 0.379 e. The van der Waals surface area contributed by atoms with Crippen LogP contribution in [0.4, 0.5) is 0 Å². The first-order valence-corrected chi connectivity index (χ1v) is 12.7. The van der Waals surface area contributed by atoms with E-state index in [1.807, 2.05) is 25.6 Å². The number of rotatable bonds is 8. The monoisotopic (exact) mass is 534 g/mol. The van der Waals surface area contributed by atoms with E-state index in [2.05, 4.69) is 15.5 Å². The summed E-state index contributed by atoms with van der Waals surface area (Å²) in [5.74, 6) is 3.26. The van der Waals surface area contributed by atoms with Crippen LogP contribution in [0.15, 0.2) is 4.99 Å². The third-order valence-electron chi connectivity index (χ3n) is 4.94. The van der Waals surface area contributed by atoms with Crippen LogP contribution in [0.25, 0.3) is 0 Å². The Hall–Kier alpha value is 0.220. The first-order chi connectivity index (χ1) is 12.3. The van der Waals surface area contributed by atoms with Crippen molar-refractivity contribution in [1.29, 1.82) is 0 Å². The fourth-order valence-corrected chi connectivity index (χ4v) is 5.60. The standard InChI is InChI=1S/C17H34N4O3S2.HI/c1-4-18-16(20-15(2)5-12-26(3,22)23)19-13-17(6-11-25-14-17)21-7-9-24-10-8-21;/h15H,4-14H2,1-3H3,(H2,18,19,20);1H. The zero-order valence-electron chi connectivity index (χ0n) is 16.7. The maximum absolute atomic E-state index is 11.4. The third-order valence-corrected chi connectivity index (χ3v) is 7.16. The van der Waals surface area contributed by atoms with Crippen molar-refractivity contribution in [3.05, 3.63) is 0 Å². The maximum Gasteiger partial charge on any atom is 0.191 e. The Morgan fingerprint density at radius 3 is 2.63 bits per heavy atom. The van der Waals surface area contributed by atoms with Crippen molar-refractivity contribution in [2.45, 2.75) is 38.3 Å². The summed E-state index contributed by atoms with van der Waals surface area (Å²) in [6.45, 7) is 9.14. The maximum atomic E-state index is 11.4. The second kappa shape index (κ2) is 12.0. The van der Waals surface area contributed by atoms with Gasteiger partial charge in [0.15, 0.2) is 5.96 Å². The fourth-order valence-electron chi connectivity index (χ4n) is 3.35. The zero-order chi connectivity index (χ0) is 19.0. The van der Waals surface area contributed by atoms with Crippen LogP contribution in [0.5, 0.6) is 0 Å². The molecular formula is C17H35IN4O3S2. The van der Waals surface area contributed by atoms with E-state index < -0.39 is 9.84 Å². The average molecular weight is 535 g/mol. The number of hydrogen-bond donors (Lipinski definition) is 2. The van der Waals surface area contributed by atoms with E-state index in [1.165, 1.54) is 12.0 Å². The number of guanidine groups is 1. The Morgan fingerprint density at radius 1 is 1.37 bits per heavy atom. The lowest BCUT2D eigenvalue weighted by atomic mass is 9.96. The molecule has 2 unspecified atom stereocenters. The smallest absolute Gasteiger partial charge is 0.191 e. The highest BCUT2D eigenvalue weighted by molar-refractivity contribution is 14.0. The molecule has 2 N–H and O–H groups in total. The van der Waals surface area contributed by atoms with Gasteiger partial charge in [0.2, 0.25) is 0 Å². The molecule has 0 bridgehead atoms. The van der Waals surface area contributed by atoms with Gasteiger partial charge < -0.3 is 15.4 Å². The van der Waals surface area contributed by atoms with Gasteiger partial charge in [-0.05, 0) is 32.4 Å². The van der Waals surface area contributed by atoms with Crippen molar-refractivity contribution in [3.63, 3.8) is 0 Å². The average Bonchev–Trinajstić information content (AvgIpc) is 3.09. The lowest BCUT2D eigenvalue weighted by molar-refractivity contribution is -0.0104. The van der Waals surface area contributed by atoms with Gasteiger partial charge in [0, 0.05) is 37.7 Å². The number of halogens is 1. The first kappa shape index (κ1) is 25.3. The first-order valence-electron chi connectivity index (χ1n) is 9.48. The Kier molecular flexibility index (Phi) is 11.3. The molecule has 7 nitrogen and oxygen atoms in total. The van der Waals surface area contributed by atoms with Gasteiger partial charge in [-0.25, -0.2) is 8.42 Å². The number of hydrogen-bond acceptors (Lipinski definition) is 6. The Labute approximate surface area is 185 Å². The molecule has 0 radical (unpaired) electrons. The van der Waals surface area contributed by atoms with Crippen molar-refractivity contribution in [1.82, 2.24) is 15.5 Å². The lowest BCUT2D eigenvalue weighted by Gasteiger charge is -2.42. The van der Waals surface area contributed by atoms with Gasteiger partial charge in [0.05, 0.1) is 31.1 Å². The predicted octanol–water partition coefficient (Wildman–Crippen LogP) is 1.19. The Bertz CT molecular complexity index is 563. The van der Waals surface area contributed by atoms with Crippen LogP contribution in [-0.2, 0) is 14.6 Å². The molecule has 2 rings (SSSR count). The van der Waals surface area contributed by atoms with Crippen LogP contribution >= 0.6 is 35.7 Å². The predicted molar refractivity (Wildman–Crippen MR) is 125 cm³/mol. The van der Waals surface area contributed by atoms with Gasteiger partial charge in [-0.1, -0.05) is 0 Å². The van der Waals surface area contributed by atoms with Crippen LogP contribution in [0, 0.1) is 0 Å². The molecule has 2 aliphatic heterocycles. The second-order valence-electron chi connectivity index (χ2n) is 7.29. The second-order valence-corrected chi connectivity index (χ2v) is 10.7. The molecule has 0 spiro atoms. The van der Waals surface area contributed by atoms with Gasteiger partial charge in [-0.2, -0.15) is 11.8 Å². The fraction of sp³-hybridized carbons (Fsp3) is 0.941. The summed E-state index contributed by atoms with van der Waals surface area (Å²) in [6, 6.07) is 0.0554. The van der Waals surface area contributed by atoms with Gasteiger partial charge in [-0.15, -0.1) is 24.0 Å². The molecule has 0 aromatic rings. The third kappa shape index (κ3) is 8.63. The van der Waals surface area contributed by atoms with E-state index in [4.69, 9.17) is 9.73 Å². The van der Waals surface area contributed by atoms with E-state index in [0.29, 0.717) is 6.42 Å². The van der Waals surface area contributed by atoms with Gasteiger partial charge in [0.25, 0.3) is 0 Å². The van der Waals surface area contributed by atoms with Crippen molar-refractivity contribution in [3.8, 4) is 0 Å². The molecular weight excluding hydrogens is 499 g/mol. The molecule has 0 aromatic heterocycles. The van der Waals surface area contributed by atoms with Crippen molar-refractivity contribution >= 4 is 51.5 Å². The molecule has 2 heterocycles. The summed E-state index contributed by atoms with van der Waals surface area (Å²) in [4.78, 5) is 7.43. The molecule has 0 saturated carbocycles. The molecule has 0 aliphatic carbocycles. The highest BCUT2D eigenvalue weighted by Crippen LogP contribution is 2.34. The number of nitrogens with one attached hydrogen (secondary N) is 2. The number of sulfone groups is 1. The number of morpholine rings is 1. The molecule has 27 heavy (non-hydrogen) atoms. The van der Waals surface area contributed by atoms with Crippen molar-refractivity contribution < 1.29 is 13.2 Å².